The van der Waals surface area contributed by atoms with E-state index in [1.165, 1.54) is 24.1 Å². The van der Waals surface area contributed by atoms with E-state index < -0.39 is 11.7 Å². The largest absolute Gasteiger partial charge is 0.476 e. The summed E-state index contributed by atoms with van der Waals surface area (Å²) in [5.41, 5.74) is -0.525. The van der Waals surface area contributed by atoms with E-state index in [0.29, 0.717) is 36.4 Å². The van der Waals surface area contributed by atoms with Gasteiger partial charge in [0.05, 0.1) is 6.54 Å². The Bertz CT molecular complexity index is 830. The zero-order valence-electron chi connectivity index (χ0n) is 17.4. The molecule has 0 unspecified atom stereocenters. The highest BCUT2D eigenvalue weighted by Gasteiger charge is 2.22. The Morgan fingerprint density at radius 1 is 1.31 bits per heavy atom. The minimum atomic E-state index is -0.525. The van der Waals surface area contributed by atoms with Gasteiger partial charge in [0, 0.05) is 23.6 Å². The van der Waals surface area contributed by atoms with E-state index in [1.807, 2.05) is 33.9 Å². The molecule has 2 aromatic heterocycles. The fraction of sp³-hybridized carbons (Fsp3) is 0.600. The number of aromatic nitrogens is 3. The van der Waals surface area contributed by atoms with Crippen LogP contribution in [0.5, 0.6) is 5.88 Å². The third kappa shape index (κ3) is 6.56. The second-order valence-corrected chi connectivity index (χ2v) is 9.02. The Hall–Kier alpha value is -2.42. The molecule has 2 heterocycles. The molecule has 0 radical (unpaired) electrons. The summed E-state index contributed by atoms with van der Waals surface area (Å²) < 4.78 is 10.9. The molecule has 3 rings (SSSR count). The van der Waals surface area contributed by atoms with Crippen LogP contribution >= 0.6 is 11.3 Å². The monoisotopic (exact) mass is 419 g/mol. The molecule has 1 saturated carbocycles. The fourth-order valence-electron chi connectivity index (χ4n) is 2.73. The van der Waals surface area contributed by atoms with Gasteiger partial charge in [0.1, 0.15) is 23.9 Å². The molecule has 2 N–H and O–H groups in total. The molecule has 2 aromatic rings. The number of hydrogen-bond acceptors (Lipinski definition) is 8. The molecule has 0 aliphatic heterocycles. The van der Waals surface area contributed by atoms with Crippen molar-refractivity contribution in [3.63, 3.8) is 0 Å². The minimum Gasteiger partial charge on any atom is -0.476 e. The number of thiazole rings is 1. The van der Waals surface area contributed by atoms with Crippen molar-refractivity contribution in [2.24, 2.45) is 0 Å². The van der Waals surface area contributed by atoms with Gasteiger partial charge >= 0.3 is 6.09 Å². The summed E-state index contributed by atoms with van der Waals surface area (Å²) in [4.78, 5) is 26.4. The lowest BCUT2D eigenvalue weighted by molar-refractivity contribution is 0.0520. The number of carbonyl (C=O) groups excluding carboxylic acids is 1. The SMILES string of the molecule is CCc1nc(Nc2ncc(C3CCC3)s2)cc(OCCNC(=O)OC(C)(C)C)n1. The van der Waals surface area contributed by atoms with Crippen molar-refractivity contribution < 1.29 is 14.3 Å². The van der Waals surface area contributed by atoms with Crippen LogP contribution in [0.25, 0.3) is 0 Å². The van der Waals surface area contributed by atoms with Crippen LogP contribution in [0.15, 0.2) is 12.3 Å². The number of ether oxygens (including phenoxy) is 2. The Morgan fingerprint density at radius 2 is 2.10 bits per heavy atom. The van der Waals surface area contributed by atoms with Crippen molar-refractivity contribution in [1.82, 2.24) is 20.3 Å². The topological polar surface area (TPSA) is 98.3 Å². The van der Waals surface area contributed by atoms with Crippen LogP contribution in [-0.2, 0) is 11.2 Å². The summed E-state index contributed by atoms with van der Waals surface area (Å²) in [6, 6.07) is 1.75. The molecule has 9 heteroatoms. The van der Waals surface area contributed by atoms with Crippen molar-refractivity contribution in [2.45, 2.75) is 64.9 Å². The van der Waals surface area contributed by atoms with Gasteiger partial charge in [0.2, 0.25) is 5.88 Å². The van der Waals surface area contributed by atoms with Crippen LogP contribution in [-0.4, -0.2) is 39.8 Å². The van der Waals surface area contributed by atoms with Crippen LogP contribution in [0.2, 0.25) is 0 Å². The van der Waals surface area contributed by atoms with Gasteiger partial charge in [-0.3, -0.25) is 0 Å². The van der Waals surface area contributed by atoms with Crippen molar-refractivity contribution in [3.05, 3.63) is 23.0 Å². The zero-order chi connectivity index (χ0) is 20.9. The second-order valence-electron chi connectivity index (χ2n) is 7.96. The first-order valence-corrected chi connectivity index (χ1v) is 10.8. The Labute approximate surface area is 175 Å². The lowest BCUT2D eigenvalue weighted by atomic mass is 9.85. The Morgan fingerprint density at radius 3 is 2.76 bits per heavy atom. The first-order chi connectivity index (χ1) is 13.8. The molecular weight excluding hydrogens is 390 g/mol. The quantitative estimate of drug-likeness (QED) is 0.612. The summed E-state index contributed by atoms with van der Waals surface area (Å²) >= 11 is 1.68. The van der Waals surface area contributed by atoms with Gasteiger partial charge in [-0.15, -0.1) is 11.3 Å². The molecule has 158 valence electrons. The third-order valence-electron chi connectivity index (χ3n) is 4.35. The molecule has 0 bridgehead atoms. The average Bonchev–Trinajstić information content (AvgIpc) is 3.03. The number of amides is 1. The van der Waals surface area contributed by atoms with E-state index in [2.05, 4.69) is 25.6 Å². The Balaban J connectivity index is 1.54. The van der Waals surface area contributed by atoms with E-state index in [1.54, 1.807) is 17.4 Å². The molecule has 0 aromatic carbocycles. The summed E-state index contributed by atoms with van der Waals surface area (Å²) in [7, 11) is 0. The molecule has 0 saturated heterocycles. The van der Waals surface area contributed by atoms with Crippen molar-refractivity contribution in [3.8, 4) is 5.88 Å². The number of hydrogen-bond donors (Lipinski definition) is 2. The predicted octanol–water partition coefficient (Wildman–Crippen LogP) is 4.41. The molecule has 1 aliphatic rings. The maximum atomic E-state index is 11.7. The summed E-state index contributed by atoms with van der Waals surface area (Å²) in [6.07, 6.45) is 5.99. The molecule has 0 spiro atoms. The normalized spacial score (nSPS) is 14.2. The smallest absolute Gasteiger partial charge is 0.407 e. The Kier molecular flexibility index (Phi) is 6.89. The van der Waals surface area contributed by atoms with Crippen molar-refractivity contribution >= 4 is 28.4 Å². The average molecular weight is 420 g/mol. The molecule has 1 amide bonds. The van der Waals surface area contributed by atoms with Crippen LogP contribution in [0.4, 0.5) is 15.7 Å². The highest BCUT2D eigenvalue weighted by atomic mass is 32.1. The summed E-state index contributed by atoms with van der Waals surface area (Å²) in [5.74, 6) is 2.46. The maximum absolute atomic E-state index is 11.7. The van der Waals surface area contributed by atoms with Crippen LogP contribution < -0.4 is 15.4 Å². The zero-order valence-corrected chi connectivity index (χ0v) is 18.3. The van der Waals surface area contributed by atoms with Gasteiger partial charge in [0.15, 0.2) is 5.13 Å². The van der Waals surface area contributed by atoms with Gasteiger partial charge in [0.25, 0.3) is 0 Å². The number of nitrogens with zero attached hydrogens (tertiary/aromatic N) is 3. The van der Waals surface area contributed by atoms with Crippen LogP contribution in [0.3, 0.4) is 0 Å². The third-order valence-corrected chi connectivity index (χ3v) is 5.43. The first-order valence-electron chi connectivity index (χ1n) is 10.0. The van der Waals surface area contributed by atoms with Gasteiger partial charge in [-0.25, -0.2) is 14.8 Å². The van der Waals surface area contributed by atoms with E-state index in [0.717, 1.165) is 5.13 Å². The van der Waals surface area contributed by atoms with E-state index in [4.69, 9.17) is 9.47 Å². The minimum absolute atomic E-state index is 0.280. The molecule has 1 aliphatic carbocycles. The molecular formula is C20H29N5O3S. The van der Waals surface area contributed by atoms with Crippen molar-refractivity contribution in [2.75, 3.05) is 18.5 Å². The number of nitrogens with one attached hydrogen (secondary N) is 2. The van der Waals surface area contributed by atoms with E-state index in [9.17, 15) is 4.79 Å². The van der Waals surface area contributed by atoms with Crippen LogP contribution in [0, 0.1) is 0 Å². The van der Waals surface area contributed by atoms with Gasteiger partial charge in [-0.05, 0) is 39.5 Å². The molecule has 0 atom stereocenters. The molecule has 29 heavy (non-hydrogen) atoms. The number of carbonyl (C=O) groups is 1. The van der Waals surface area contributed by atoms with E-state index in [-0.39, 0.29) is 6.61 Å². The lowest BCUT2D eigenvalue weighted by Gasteiger charge is -2.23. The maximum Gasteiger partial charge on any atom is 0.407 e. The fourth-order valence-corrected chi connectivity index (χ4v) is 3.72. The summed E-state index contributed by atoms with van der Waals surface area (Å²) in [5, 5.41) is 6.75. The number of rotatable bonds is 8. The summed E-state index contributed by atoms with van der Waals surface area (Å²) in [6.45, 7) is 8.06. The standard InChI is InChI=1S/C20H29N5O3S/c1-5-15-23-16(25-18-22-12-14(29-18)13-7-6-8-13)11-17(24-15)27-10-9-21-19(26)28-20(2,3)4/h11-13H,5-10H2,1-4H3,(H,21,26)(H,22,23,24,25). The lowest BCUT2D eigenvalue weighted by Crippen LogP contribution is -2.34. The molecule has 8 nitrogen and oxygen atoms in total. The number of anilines is 2. The number of aryl methyl sites for hydroxylation is 1. The highest BCUT2D eigenvalue weighted by Crippen LogP contribution is 2.40. The highest BCUT2D eigenvalue weighted by molar-refractivity contribution is 7.15. The number of alkyl carbamates (subject to hydrolysis) is 1. The van der Waals surface area contributed by atoms with Crippen LogP contribution in [0.1, 0.15) is 63.6 Å². The second kappa shape index (κ2) is 9.39. The molecule has 1 fully saturated rings. The van der Waals surface area contributed by atoms with Gasteiger partial charge in [-0.1, -0.05) is 13.3 Å². The first kappa shape index (κ1) is 21.3. The van der Waals surface area contributed by atoms with E-state index >= 15 is 0 Å². The predicted molar refractivity (Wildman–Crippen MR) is 113 cm³/mol. The van der Waals surface area contributed by atoms with Crippen molar-refractivity contribution in [1.29, 1.82) is 0 Å². The van der Waals surface area contributed by atoms with Gasteiger partial charge < -0.3 is 20.1 Å². The van der Waals surface area contributed by atoms with Gasteiger partial charge in [-0.2, -0.15) is 4.98 Å².